The van der Waals surface area contributed by atoms with Gasteiger partial charge >= 0.3 is 0 Å². The zero-order valence-corrected chi connectivity index (χ0v) is 16.6. The molecular formula is C18H23N9O3. The maximum absolute atomic E-state index is 12.7. The highest BCUT2D eigenvalue weighted by molar-refractivity contribution is 5.94. The maximum Gasteiger partial charge on any atom is 0.293 e. The van der Waals surface area contributed by atoms with Crippen LogP contribution in [0.5, 0.6) is 0 Å². The third-order valence-electron chi connectivity index (χ3n) is 5.17. The molecule has 30 heavy (non-hydrogen) atoms. The highest BCUT2D eigenvalue weighted by atomic mass is 16.6. The summed E-state index contributed by atoms with van der Waals surface area (Å²) in [5.41, 5.74) is 8.93. The van der Waals surface area contributed by atoms with Crippen LogP contribution in [0.3, 0.4) is 0 Å². The molecule has 3 aromatic rings. The summed E-state index contributed by atoms with van der Waals surface area (Å²) in [4.78, 5) is 14.9. The lowest BCUT2D eigenvalue weighted by molar-refractivity contribution is 0.0947. The van der Waals surface area contributed by atoms with E-state index in [9.17, 15) is 4.79 Å². The smallest absolute Gasteiger partial charge is 0.293 e. The van der Waals surface area contributed by atoms with Gasteiger partial charge in [0.05, 0.1) is 18.2 Å². The molecule has 3 N–H and O–H groups in total. The van der Waals surface area contributed by atoms with Gasteiger partial charge in [0.25, 0.3) is 5.91 Å². The molecule has 12 heteroatoms. The highest BCUT2D eigenvalue weighted by Crippen LogP contribution is 2.24. The van der Waals surface area contributed by atoms with Crippen LogP contribution in [0.15, 0.2) is 32.5 Å². The topological polar surface area (TPSA) is 153 Å². The van der Waals surface area contributed by atoms with Crippen LogP contribution in [-0.4, -0.2) is 55.4 Å². The van der Waals surface area contributed by atoms with E-state index in [-0.39, 0.29) is 17.3 Å². The van der Waals surface area contributed by atoms with E-state index in [4.69, 9.17) is 14.8 Å². The van der Waals surface area contributed by atoms with Crippen molar-refractivity contribution in [3.8, 4) is 5.82 Å². The lowest BCUT2D eigenvalue weighted by Crippen LogP contribution is -2.34. The van der Waals surface area contributed by atoms with Crippen LogP contribution in [0.4, 0.5) is 5.82 Å². The molecule has 1 aliphatic rings. The van der Waals surface area contributed by atoms with Crippen molar-refractivity contribution in [3.05, 3.63) is 35.5 Å². The number of nitrogens with zero attached hydrogens (tertiary/aromatic N) is 7. The first-order valence-corrected chi connectivity index (χ1v) is 9.73. The molecule has 1 saturated carbocycles. The second-order valence-electron chi connectivity index (χ2n) is 7.19. The first kappa shape index (κ1) is 19.8. The minimum Gasteiger partial charge on any atom is -0.463 e. The van der Waals surface area contributed by atoms with E-state index in [1.54, 1.807) is 12.1 Å². The van der Waals surface area contributed by atoms with E-state index < -0.39 is 5.91 Å². The van der Waals surface area contributed by atoms with Crippen molar-refractivity contribution in [2.24, 2.45) is 5.10 Å². The Kier molecular flexibility index (Phi) is 5.84. The summed E-state index contributed by atoms with van der Waals surface area (Å²) < 4.78 is 11.2. The quantitative estimate of drug-likeness (QED) is 0.431. The summed E-state index contributed by atoms with van der Waals surface area (Å²) >= 11 is 0. The molecule has 0 radical (unpaired) electrons. The number of hydrazone groups is 1. The van der Waals surface area contributed by atoms with Gasteiger partial charge in [0.15, 0.2) is 5.69 Å². The second kappa shape index (κ2) is 8.86. The Hall–Kier alpha value is -3.54. The molecule has 0 aromatic carbocycles. The first-order chi connectivity index (χ1) is 14.6. The molecule has 4 rings (SSSR count). The Labute approximate surface area is 172 Å². The number of nitrogen functional groups attached to an aromatic ring is 1. The van der Waals surface area contributed by atoms with Gasteiger partial charge in [-0.05, 0) is 42.3 Å². The van der Waals surface area contributed by atoms with Gasteiger partial charge in [-0.2, -0.15) is 9.78 Å². The van der Waals surface area contributed by atoms with E-state index >= 15 is 0 Å². The van der Waals surface area contributed by atoms with Crippen molar-refractivity contribution in [2.75, 3.05) is 12.8 Å². The lowest BCUT2D eigenvalue weighted by atomic mass is 9.94. The average Bonchev–Trinajstić information content (AvgIpc) is 3.50. The van der Waals surface area contributed by atoms with Crippen molar-refractivity contribution >= 4 is 17.9 Å². The van der Waals surface area contributed by atoms with Gasteiger partial charge in [-0.3, -0.25) is 9.69 Å². The summed E-state index contributed by atoms with van der Waals surface area (Å²) in [7, 11) is 2.02. The van der Waals surface area contributed by atoms with Gasteiger partial charge in [-0.15, -0.1) is 5.10 Å². The van der Waals surface area contributed by atoms with Crippen molar-refractivity contribution in [3.63, 3.8) is 0 Å². The summed E-state index contributed by atoms with van der Waals surface area (Å²) in [6.45, 7) is 0.425. The first-order valence-electron chi connectivity index (χ1n) is 9.73. The number of aromatic nitrogens is 5. The Balaban J connectivity index is 1.58. The molecule has 0 unspecified atom stereocenters. The van der Waals surface area contributed by atoms with E-state index in [0.29, 0.717) is 24.0 Å². The van der Waals surface area contributed by atoms with Crippen LogP contribution in [0.2, 0.25) is 0 Å². The molecule has 0 spiro atoms. The van der Waals surface area contributed by atoms with Crippen LogP contribution in [0, 0.1) is 0 Å². The van der Waals surface area contributed by atoms with Crippen LogP contribution < -0.4 is 11.2 Å². The molecule has 1 fully saturated rings. The molecule has 0 bridgehead atoms. The van der Waals surface area contributed by atoms with Crippen LogP contribution in [0.1, 0.15) is 54.0 Å². The van der Waals surface area contributed by atoms with Crippen LogP contribution in [0.25, 0.3) is 5.82 Å². The fraction of sp³-hybridized carbons (Fsp3) is 0.444. The van der Waals surface area contributed by atoms with Gasteiger partial charge in [0.2, 0.25) is 11.6 Å². The van der Waals surface area contributed by atoms with Crippen molar-refractivity contribution in [1.82, 2.24) is 35.6 Å². The second-order valence-corrected chi connectivity index (χ2v) is 7.19. The van der Waals surface area contributed by atoms with Gasteiger partial charge in [0.1, 0.15) is 5.76 Å². The van der Waals surface area contributed by atoms with E-state index in [0.717, 1.165) is 12.8 Å². The number of carbonyl (C=O) groups is 1. The Morgan fingerprint density at radius 1 is 1.40 bits per heavy atom. The predicted molar refractivity (Wildman–Crippen MR) is 106 cm³/mol. The highest BCUT2D eigenvalue weighted by Gasteiger charge is 2.27. The average molecular weight is 413 g/mol. The Bertz CT molecular complexity index is 1000. The fourth-order valence-corrected chi connectivity index (χ4v) is 3.59. The normalized spacial score (nSPS) is 15.3. The van der Waals surface area contributed by atoms with Gasteiger partial charge < -0.3 is 10.2 Å². The number of furan rings is 1. The maximum atomic E-state index is 12.7. The summed E-state index contributed by atoms with van der Waals surface area (Å²) in [5.74, 6) is 0.251. The molecule has 3 aromatic heterocycles. The molecule has 158 valence electrons. The van der Waals surface area contributed by atoms with Gasteiger partial charge in [0, 0.05) is 12.6 Å². The largest absolute Gasteiger partial charge is 0.463 e. The van der Waals surface area contributed by atoms with Crippen molar-refractivity contribution < 1.29 is 13.8 Å². The van der Waals surface area contributed by atoms with Crippen LogP contribution in [-0.2, 0) is 6.54 Å². The summed E-state index contributed by atoms with van der Waals surface area (Å²) in [6, 6.07) is 3.86. The third kappa shape index (κ3) is 4.22. The zero-order chi connectivity index (χ0) is 20.9. The number of anilines is 1. The molecule has 0 atom stereocenters. The predicted octanol–water partition coefficient (Wildman–Crippen LogP) is 1.35. The molecule has 0 saturated heterocycles. The van der Waals surface area contributed by atoms with Crippen molar-refractivity contribution in [2.45, 2.75) is 44.7 Å². The van der Waals surface area contributed by atoms with E-state index in [1.807, 2.05) is 7.05 Å². The van der Waals surface area contributed by atoms with Crippen LogP contribution >= 0.6 is 0 Å². The molecule has 1 amide bonds. The molecule has 3 heterocycles. The number of nitrogens with two attached hydrogens (primary N) is 1. The SMILES string of the molecule is CN(Cc1c(C(=O)NN=Cc2ccco2)nnn1-c1nonc1N)C1CCCCC1. The lowest BCUT2D eigenvalue weighted by Gasteiger charge is -2.31. The summed E-state index contributed by atoms with van der Waals surface area (Å²) in [5, 5.41) is 19.4. The van der Waals surface area contributed by atoms with E-state index in [2.05, 4.69) is 36.1 Å². The fourth-order valence-electron chi connectivity index (χ4n) is 3.59. The summed E-state index contributed by atoms with van der Waals surface area (Å²) in [6.07, 6.45) is 8.79. The minimum atomic E-state index is -0.508. The van der Waals surface area contributed by atoms with E-state index in [1.165, 1.54) is 36.4 Å². The Morgan fingerprint density at radius 2 is 2.23 bits per heavy atom. The van der Waals surface area contributed by atoms with Crippen molar-refractivity contribution in [1.29, 1.82) is 0 Å². The minimum absolute atomic E-state index is 0.0595. The number of carbonyl (C=O) groups excluding carboxylic acids is 1. The standard InChI is InChI=1S/C18H23N9O3/c1-26(12-6-3-2-4-7-12)11-14-15(18(28)22-20-10-13-8-5-9-29-13)21-25-27(14)17-16(19)23-30-24-17/h5,8-10,12H,2-4,6-7,11H2,1H3,(H2,19,23)(H,22,28). The molecule has 0 aliphatic heterocycles. The molecule has 12 nitrogen and oxygen atoms in total. The number of nitrogens with one attached hydrogen (secondary N) is 1. The number of hydrogen-bond donors (Lipinski definition) is 2. The van der Waals surface area contributed by atoms with Gasteiger partial charge in [-0.1, -0.05) is 24.5 Å². The van der Waals surface area contributed by atoms with Gasteiger partial charge in [-0.25, -0.2) is 10.1 Å². The number of rotatable bonds is 7. The third-order valence-corrected chi connectivity index (χ3v) is 5.17. The molecule has 1 aliphatic carbocycles. The zero-order valence-electron chi connectivity index (χ0n) is 16.6. The molecular weight excluding hydrogens is 390 g/mol. The Morgan fingerprint density at radius 3 is 2.93 bits per heavy atom. The monoisotopic (exact) mass is 413 g/mol. The number of amides is 1. The number of hydrogen-bond acceptors (Lipinski definition) is 10.